The van der Waals surface area contributed by atoms with Crippen LogP contribution < -0.4 is 11.1 Å². The maximum absolute atomic E-state index is 11.8. The minimum absolute atomic E-state index is 0.195. The molecule has 5 nitrogen and oxygen atoms in total. The lowest BCUT2D eigenvalue weighted by molar-refractivity contribution is -0.148. The molecule has 3 N–H and O–H groups in total. The number of hydrogen-bond donors (Lipinski definition) is 2. The Bertz CT molecular complexity index is 465. The first-order valence-electron chi connectivity index (χ1n) is 5.93. The van der Waals surface area contributed by atoms with Crippen molar-refractivity contribution in [3.8, 4) is 0 Å². The Labute approximate surface area is 120 Å². The number of carbonyl (C=O) groups is 2. The highest BCUT2D eigenvalue weighted by atomic mass is 79.9. The third kappa shape index (κ3) is 4.65. The van der Waals surface area contributed by atoms with E-state index in [0.29, 0.717) is 0 Å². The Morgan fingerprint density at radius 2 is 2.16 bits per heavy atom. The molecule has 0 aliphatic carbocycles. The molecule has 0 aliphatic heterocycles. The van der Waals surface area contributed by atoms with Gasteiger partial charge in [0.15, 0.2) is 6.04 Å². The van der Waals surface area contributed by atoms with Gasteiger partial charge in [0.2, 0.25) is 5.91 Å². The van der Waals surface area contributed by atoms with Crippen LogP contribution in [0.25, 0.3) is 0 Å². The van der Waals surface area contributed by atoms with E-state index < -0.39 is 17.9 Å². The second-order valence-corrected chi connectivity index (χ2v) is 4.93. The molecule has 0 heterocycles. The number of amides is 1. The molecular formula is C13H17BrN2O3. The van der Waals surface area contributed by atoms with Gasteiger partial charge in [-0.3, -0.25) is 4.79 Å². The summed E-state index contributed by atoms with van der Waals surface area (Å²) in [6.07, 6.45) is 0. The van der Waals surface area contributed by atoms with E-state index in [1.165, 1.54) is 0 Å². The van der Waals surface area contributed by atoms with Crippen LogP contribution in [0.3, 0.4) is 0 Å². The van der Waals surface area contributed by atoms with Crippen molar-refractivity contribution in [1.29, 1.82) is 0 Å². The number of benzene rings is 1. The quantitative estimate of drug-likeness (QED) is 0.634. The van der Waals surface area contributed by atoms with Gasteiger partial charge in [-0.25, -0.2) is 4.79 Å². The normalized spacial score (nSPS) is 13.5. The van der Waals surface area contributed by atoms with Crippen molar-refractivity contribution >= 4 is 27.8 Å². The van der Waals surface area contributed by atoms with Crippen LogP contribution >= 0.6 is 15.9 Å². The maximum atomic E-state index is 11.8. The minimum atomic E-state index is -1.30. The van der Waals surface area contributed by atoms with E-state index in [9.17, 15) is 9.59 Å². The van der Waals surface area contributed by atoms with Crippen molar-refractivity contribution in [1.82, 2.24) is 5.32 Å². The predicted octanol–water partition coefficient (Wildman–Crippen LogP) is 1.52. The topological polar surface area (TPSA) is 81.4 Å². The Balaban J connectivity index is 2.64. The number of hydrogen-bond acceptors (Lipinski definition) is 4. The van der Waals surface area contributed by atoms with E-state index in [-0.39, 0.29) is 12.6 Å². The number of nitrogens with one attached hydrogen (secondary N) is 1. The number of carbonyl (C=O) groups excluding carboxylic acids is 2. The summed E-state index contributed by atoms with van der Waals surface area (Å²) in [5.41, 5.74) is 6.42. The van der Waals surface area contributed by atoms with Crippen LogP contribution in [-0.2, 0) is 14.3 Å². The molecule has 2 atom stereocenters. The van der Waals surface area contributed by atoms with E-state index in [4.69, 9.17) is 10.5 Å². The summed E-state index contributed by atoms with van der Waals surface area (Å²) in [5.74, 6) is -1.27. The molecule has 1 aromatic carbocycles. The van der Waals surface area contributed by atoms with Crippen molar-refractivity contribution in [3.63, 3.8) is 0 Å². The fraction of sp³-hybridized carbons (Fsp3) is 0.385. The summed E-state index contributed by atoms with van der Waals surface area (Å²) < 4.78 is 5.62. The van der Waals surface area contributed by atoms with Gasteiger partial charge in [0.05, 0.1) is 12.6 Å². The molecule has 0 aliphatic rings. The van der Waals surface area contributed by atoms with E-state index in [1.54, 1.807) is 6.92 Å². The molecule has 0 saturated carbocycles. The molecule has 104 valence electrons. The first-order chi connectivity index (χ1) is 8.95. The molecule has 1 rings (SSSR count). The van der Waals surface area contributed by atoms with Crippen LogP contribution in [0, 0.1) is 0 Å². The number of nitrogens with two attached hydrogens (primary N) is 1. The number of halogens is 1. The minimum Gasteiger partial charge on any atom is -0.464 e. The zero-order chi connectivity index (χ0) is 14.4. The molecule has 1 aromatic rings. The average molecular weight is 329 g/mol. The second-order valence-electron chi connectivity index (χ2n) is 4.02. The van der Waals surface area contributed by atoms with Gasteiger partial charge in [-0.1, -0.05) is 28.1 Å². The maximum Gasteiger partial charge on any atom is 0.332 e. The Morgan fingerprint density at radius 1 is 1.47 bits per heavy atom. The van der Waals surface area contributed by atoms with E-state index >= 15 is 0 Å². The van der Waals surface area contributed by atoms with Crippen molar-refractivity contribution < 1.29 is 14.3 Å². The van der Waals surface area contributed by atoms with Crippen LogP contribution in [-0.4, -0.2) is 24.5 Å². The molecule has 0 radical (unpaired) electrons. The predicted molar refractivity (Wildman–Crippen MR) is 75.3 cm³/mol. The molecule has 6 heteroatoms. The highest BCUT2D eigenvalue weighted by Crippen LogP contribution is 2.17. The fourth-order valence-corrected chi connectivity index (χ4v) is 1.92. The SMILES string of the molecule is CCOC(=O)C(N)C(=O)N[C@H](C)c1cccc(Br)c1. The third-order valence-electron chi connectivity index (χ3n) is 2.53. The summed E-state index contributed by atoms with van der Waals surface area (Å²) in [6, 6.07) is 5.99. The molecule has 0 saturated heterocycles. The summed E-state index contributed by atoms with van der Waals surface area (Å²) >= 11 is 3.36. The first-order valence-corrected chi connectivity index (χ1v) is 6.73. The molecule has 1 unspecified atom stereocenters. The number of esters is 1. The van der Waals surface area contributed by atoms with Gasteiger partial charge in [0.25, 0.3) is 0 Å². The van der Waals surface area contributed by atoms with Crippen LogP contribution in [0.4, 0.5) is 0 Å². The second kappa shape index (κ2) is 7.25. The van der Waals surface area contributed by atoms with Gasteiger partial charge < -0.3 is 15.8 Å². The van der Waals surface area contributed by atoms with Crippen LogP contribution in [0.5, 0.6) is 0 Å². The Morgan fingerprint density at radius 3 is 2.74 bits per heavy atom. The zero-order valence-electron chi connectivity index (χ0n) is 10.9. The molecular weight excluding hydrogens is 312 g/mol. The van der Waals surface area contributed by atoms with Crippen molar-refractivity contribution in [2.24, 2.45) is 5.73 Å². The van der Waals surface area contributed by atoms with Crippen LogP contribution in [0.2, 0.25) is 0 Å². The van der Waals surface area contributed by atoms with Crippen LogP contribution in [0.15, 0.2) is 28.7 Å². The smallest absolute Gasteiger partial charge is 0.332 e. The van der Waals surface area contributed by atoms with E-state index in [2.05, 4.69) is 21.2 Å². The fourth-order valence-electron chi connectivity index (χ4n) is 1.50. The third-order valence-corrected chi connectivity index (χ3v) is 3.02. The molecule has 0 fully saturated rings. The molecule has 0 bridgehead atoms. The zero-order valence-corrected chi connectivity index (χ0v) is 12.4. The van der Waals surface area contributed by atoms with Crippen molar-refractivity contribution in [2.75, 3.05) is 6.61 Å². The molecule has 1 amide bonds. The summed E-state index contributed by atoms with van der Waals surface area (Å²) in [4.78, 5) is 23.1. The van der Waals surface area contributed by atoms with Gasteiger partial charge in [0, 0.05) is 4.47 Å². The van der Waals surface area contributed by atoms with Gasteiger partial charge in [0.1, 0.15) is 0 Å². The van der Waals surface area contributed by atoms with Gasteiger partial charge in [-0.05, 0) is 31.5 Å². The average Bonchev–Trinajstić information content (AvgIpc) is 2.37. The monoisotopic (exact) mass is 328 g/mol. The van der Waals surface area contributed by atoms with Gasteiger partial charge in [-0.2, -0.15) is 0 Å². The lowest BCUT2D eigenvalue weighted by atomic mass is 10.1. The molecule has 0 aromatic heterocycles. The number of rotatable bonds is 5. The van der Waals surface area contributed by atoms with E-state index in [1.807, 2.05) is 31.2 Å². The summed E-state index contributed by atoms with van der Waals surface area (Å²) in [5, 5.41) is 2.68. The van der Waals surface area contributed by atoms with E-state index in [0.717, 1.165) is 10.0 Å². The first kappa shape index (κ1) is 15.7. The Kier molecular flexibility index (Phi) is 5.98. The van der Waals surface area contributed by atoms with Crippen LogP contribution in [0.1, 0.15) is 25.5 Å². The lowest BCUT2D eigenvalue weighted by Crippen LogP contribution is -2.47. The van der Waals surface area contributed by atoms with Gasteiger partial charge >= 0.3 is 5.97 Å². The largest absolute Gasteiger partial charge is 0.464 e. The highest BCUT2D eigenvalue weighted by molar-refractivity contribution is 9.10. The molecule has 0 spiro atoms. The van der Waals surface area contributed by atoms with Gasteiger partial charge in [-0.15, -0.1) is 0 Å². The Hall–Kier alpha value is -1.40. The summed E-state index contributed by atoms with van der Waals surface area (Å²) in [6.45, 7) is 3.67. The number of ether oxygens (including phenoxy) is 1. The highest BCUT2D eigenvalue weighted by Gasteiger charge is 2.24. The van der Waals surface area contributed by atoms with Crippen molar-refractivity contribution in [2.45, 2.75) is 25.9 Å². The standard InChI is InChI=1S/C13H17BrN2O3/c1-3-19-13(18)11(15)12(17)16-8(2)9-5-4-6-10(14)7-9/h4-8,11H,3,15H2,1-2H3,(H,16,17)/t8-,11?/m1/s1. The molecule has 19 heavy (non-hydrogen) atoms. The summed E-state index contributed by atoms with van der Waals surface area (Å²) in [7, 11) is 0. The lowest BCUT2D eigenvalue weighted by Gasteiger charge is -2.17. The van der Waals surface area contributed by atoms with Crippen molar-refractivity contribution in [3.05, 3.63) is 34.3 Å².